The van der Waals surface area contributed by atoms with Gasteiger partial charge in [-0.05, 0) is 12.1 Å². The molecule has 0 bridgehead atoms. The van der Waals surface area contributed by atoms with Gasteiger partial charge in [0.25, 0.3) is 5.91 Å². The molecule has 0 saturated carbocycles. The molecule has 92 valence electrons. The maximum Gasteiger partial charge on any atom is 0.289 e. The second-order valence-corrected chi connectivity index (χ2v) is 4.54. The van der Waals surface area contributed by atoms with E-state index < -0.39 is 0 Å². The minimum Gasteiger partial charge on any atom is -0.459 e. The number of thiocarbonyl (C=S) groups is 1. The second kappa shape index (κ2) is 5.29. The molecular weight excluding hydrogens is 238 g/mol. The van der Waals surface area contributed by atoms with Crippen LogP contribution in [0.3, 0.4) is 0 Å². The minimum absolute atomic E-state index is 0.0509. The molecule has 1 aliphatic rings. The number of carbonyl (C=O) groups is 1. The van der Waals surface area contributed by atoms with Gasteiger partial charge in [0.2, 0.25) is 0 Å². The summed E-state index contributed by atoms with van der Waals surface area (Å²) >= 11 is 4.86. The molecule has 1 fully saturated rings. The van der Waals surface area contributed by atoms with Crippen molar-refractivity contribution < 1.29 is 9.21 Å². The number of piperazine rings is 1. The predicted octanol–water partition coefficient (Wildman–Crippen LogP) is 0.323. The van der Waals surface area contributed by atoms with Crippen molar-refractivity contribution in [2.75, 3.05) is 32.7 Å². The van der Waals surface area contributed by atoms with Crippen molar-refractivity contribution in [1.29, 1.82) is 0 Å². The number of carbonyl (C=O) groups excluding carboxylic acids is 1. The molecule has 1 aliphatic heterocycles. The Labute approximate surface area is 105 Å². The number of rotatable bonds is 3. The van der Waals surface area contributed by atoms with E-state index in [0.29, 0.717) is 30.4 Å². The van der Waals surface area contributed by atoms with E-state index in [1.807, 2.05) is 0 Å². The maximum atomic E-state index is 12.0. The van der Waals surface area contributed by atoms with Crippen molar-refractivity contribution in [2.45, 2.75) is 0 Å². The van der Waals surface area contributed by atoms with Gasteiger partial charge in [0.1, 0.15) is 0 Å². The first-order valence-electron chi connectivity index (χ1n) is 5.50. The number of hydrogen-bond acceptors (Lipinski definition) is 4. The summed E-state index contributed by atoms with van der Waals surface area (Å²) in [6.45, 7) is 3.58. The standard InChI is InChI=1S/C11H15N3O2S/c12-10(17)8-13-3-5-14(6-4-13)11(15)9-2-1-7-16-9/h1-2,7H,3-6,8H2,(H2,12,17). The SMILES string of the molecule is NC(=S)CN1CCN(C(=O)c2ccco2)CC1. The summed E-state index contributed by atoms with van der Waals surface area (Å²) in [5, 5.41) is 0. The van der Waals surface area contributed by atoms with E-state index in [4.69, 9.17) is 22.4 Å². The first-order chi connectivity index (χ1) is 8.16. The van der Waals surface area contributed by atoms with Gasteiger partial charge in [-0.3, -0.25) is 9.69 Å². The monoisotopic (exact) mass is 253 g/mol. The number of hydrogen-bond donors (Lipinski definition) is 1. The zero-order valence-corrected chi connectivity index (χ0v) is 10.3. The summed E-state index contributed by atoms with van der Waals surface area (Å²) < 4.78 is 5.09. The molecule has 6 heteroatoms. The first-order valence-corrected chi connectivity index (χ1v) is 5.91. The lowest BCUT2D eigenvalue weighted by atomic mass is 10.3. The fourth-order valence-electron chi connectivity index (χ4n) is 1.89. The Kier molecular flexibility index (Phi) is 3.75. The zero-order chi connectivity index (χ0) is 12.3. The number of nitrogens with two attached hydrogens (primary N) is 1. The van der Waals surface area contributed by atoms with Crippen LogP contribution < -0.4 is 5.73 Å². The Bertz CT molecular complexity index is 397. The van der Waals surface area contributed by atoms with Crippen LogP contribution in [-0.4, -0.2) is 53.4 Å². The topological polar surface area (TPSA) is 62.7 Å². The van der Waals surface area contributed by atoms with Crippen molar-refractivity contribution >= 4 is 23.1 Å². The van der Waals surface area contributed by atoms with E-state index in [9.17, 15) is 4.79 Å². The largest absolute Gasteiger partial charge is 0.459 e. The fraction of sp³-hybridized carbons (Fsp3) is 0.455. The highest BCUT2D eigenvalue weighted by Crippen LogP contribution is 2.09. The smallest absolute Gasteiger partial charge is 0.289 e. The summed E-state index contributed by atoms with van der Waals surface area (Å²) in [6.07, 6.45) is 1.51. The lowest BCUT2D eigenvalue weighted by molar-refractivity contribution is 0.0623. The number of amides is 1. The van der Waals surface area contributed by atoms with Crippen LogP contribution in [0, 0.1) is 0 Å². The van der Waals surface area contributed by atoms with E-state index in [1.165, 1.54) is 6.26 Å². The van der Waals surface area contributed by atoms with Crippen LogP contribution in [-0.2, 0) is 0 Å². The Morgan fingerprint density at radius 2 is 2.12 bits per heavy atom. The third-order valence-corrected chi connectivity index (χ3v) is 2.90. The highest BCUT2D eigenvalue weighted by atomic mass is 32.1. The maximum absolute atomic E-state index is 12.0. The molecule has 1 saturated heterocycles. The van der Waals surface area contributed by atoms with E-state index in [1.54, 1.807) is 17.0 Å². The number of furan rings is 1. The molecule has 0 spiro atoms. The normalized spacial score (nSPS) is 17.1. The van der Waals surface area contributed by atoms with Crippen LogP contribution in [0.5, 0.6) is 0 Å². The molecule has 0 aromatic carbocycles. The molecule has 1 aromatic heterocycles. The van der Waals surface area contributed by atoms with Gasteiger partial charge >= 0.3 is 0 Å². The van der Waals surface area contributed by atoms with Gasteiger partial charge in [0, 0.05) is 32.7 Å². The van der Waals surface area contributed by atoms with E-state index in [2.05, 4.69) is 4.90 Å². The van der Waals surface area contributed by atoms with Gasteiger partial charge < -0.3 is 15.1 Å². The predicted molar refractivity (Wildman–Crippen MR) is 67.8 cm³/mol. The lowest BCUT2D eigenvalue weighted by Crippen LogP contribution is -2.50. The highest BCUT2D eigenvalue weighted by molar-refractivity contribution is 7.80. The zero-order valence-electron chi connectivity index (χ0n) is 9.46. The first kappa shape index (κ1) is 12.1. The van der Waals surface area contributed by atoms with Crippen LogP contribution >= 0.6 is 12.2 Å². The quantitative estimate of drug-likeness (QED) is 0.786. The average molecular weight is 253 g/mol. The van der Waals surface area contributed by atoms with Gasteiger partial charge in [0.05, 0.1) is 11.3 Å². The summed E-state index contributed by atoms with van der Waals surface area (Å²) in [5.41, 5.74) is 5.49. The molecule has 0 aliphatic carbocycles. The molecule has 0 radical (unpaired) electrons. The minimum atomic E-state index is -0.0509. The Morgan fingerprint density at radius 1 is 1.41 bits per heavy atom. The van der Waals surface area contributed by atoms with Crippen LogP contribution in [0.25, 0.3) is 0 Å². The molecular formula is C11H15N3O2S. The Balaban J connectivity index is 1.87. The van der Waals surface area contributed by atoms with Crippen LogP contribution in [0.4, 0.5) is 0 Å². The van der Waals surface area contributed by atoms with Crippen molar-refractivity contribution in [2.24, 2.45) is 5.73 Å². The molecule has 0 atom stereocenters. The third kappa shape index (κ3) is 3.04. The van der Waals surface area contributed by atoms with Gasteiger partial charge in [-0.1, -0.05) is 12.2 Å². The molecule has 17 heavy (non-hydrogen) atoms. The molecule has 0 unspecified atom stereocenters. The molecule has 1 amide bonds. The molecule has 1 aromatic rings. The molecule has 2 N–H and O–H groups in total. The highest BCUT2D eigenvalue weighted by Gasteiger charge is 2.23. The second-order valence-electron chi connectivity index (χ2n) is 4.01. The molecule has 2 heterocycles. The summed E-state index contributed by atoms with van der Waals surface area (Å²) in [5.74, 6) is 0.345. The van der Waals surface area contributed by atoms with Crippen LogP contribution in [0.15, 0.2) is 22.8 Å². The van der Waals surface area contributed by atoms with Gasteiger partial charge in [-0.15, -0.1) is 0 Å². The van der Waals surface area contributed by atoms with Crippen molar-refractivity contribution in [3.63, 3.8) is 0 Å². The van der Waals surface area contributed by atoms with Gasteiger partial charge in [0.15, 0.2) is 5.76 Å². The summed E-state index contributed by atoms with van der Waals surface area (Å²) in [6, 6.07) is 3.40. The van der Waals surface area contributed by atoms with Gasteiger partial charge in [-0.25, -0.2) is 0 Å². The van der Waals surface area contributed by atoms with Crippen molar-refractivity contribution in [3.8, 4) is 0 Å². The van der Waals surface area contributed by atoms with E-state index >= 15 is 0 Å². The average Bonchev–Trinajstić information content (AvgIpc) is 2.82. The lowest BCUT2D eigenvalue weighted by Gasteiger charge is -2.33. The molecule has 2 rings (SSSR count). The van der Waals surface area contributed by atoms with Crippen molar-refractivity contribution in [1.82, 2.24) is 9.80 Å². The Morgan fingerprint density at radius 3 is 2.65 bits per heavy atom. The van der Waals surface area contributed by atoms with Crippen LogP contribution in [0.2, 0.25) is 0 Å². The third-order valence-electron chi connectivity index (χ3n) is 2.77. The Hall–Kier alpha value is -1.40. The van der Waals surface area contributed by atoms with Crippen molar-refractivity contribution in [3.05, 3.63) is 24.2 Å². The van der Waals surface area contributed by atoms with Crippen LogP contribution in [0.1, 0.15) is 10.6 Å². The van der Waals surface area contributed by atoms with Gasteiger partial charge in [-0.2, -0.15) is 0 Å². The fourth-order valence-corrected chi connectivity index (χ4v) is 2.07. The van der Waals surface area contributed by atoms with E-state index in [-0.39, 0.29) is 5.91 Å². The van der Waals surface area contributed by atoms with E-state index in [0.717, 1.165) is 13.1 Å². The number of nitrogens with zero attached hydrogens (tertiary/aromatic N) is 2. The summed E-state index contributed by atoms with van der Waals surface area (Å²) in [7, 11) is 0. The molecule has 5 nitrogen and oxygen atoms in total. The summed E-state index contributed by atoms with van der Waals surface area (Å²) in [4.78, 5) is 16.4.